The van der Waals surface area contributed by atoms with Crippen LogP contribution in [0.2, 0.25) is 0 Å². The van der Waals surface area contributed by atoms with Gasteiger partial charge >= 0.3 is 0 Å². The fourth-order valence-electron chi connectivity index (χ4n) is 0.959. The molecule has 0 bridgehead atoms. The zero-order chi connectivity index (χ0) is 9.14. The maximum absolute atomic E-state index is 10.4. The van der Waals surface area contributed by atoms with Crippen molar-refractivity contribution in [3.05, 3.63) is 23.8 Å². The van der Waals surface area contributed by atoms with Gasteiger partial charge in [-0.05, 0) is 17.7 Å². The van der Waals surface area contributed by atoms with E-state index in [0.717, 1.165) is 6.29 Å². The molecule has 1 aromatic carbocycles. The normalized spacial score (nSPS) is 12.4. The Balaban J connectivity index is 3.08. The minimum atomic E-state index is -0.303. The molecule has 1 atom stereocenters. The van der Waals surface area contributed by atoms with Gasteiger partial charge in [-0.2, -0.15) is 0 Å². The molecule has 0 aliphatic heterocycles. The number of aromatic hydroxyl groups is 2. The molecule has 64 valence electrons. The zero-order valence-corrected chi connectivity index (χ0v) is 6.69. The summed E-state index contributed by atoms with van der Waals surface area (Å²) in [4.78, 5) is 10.4. The molecule has 2 N–H and O–H groups in total. The quantitative estimate of drug-likeness (QED) is 0.653. The van der Waals surface area contributed by atoms with Crippen molar-refractivity contribution in [2.45, 2.75) is 12.8 Å². The minimum Gasteiger partial charge on any atom is -0.508 e. The van der Waals surface area contributed by atoms with E-state index < -0.39 is 0 Å². The summed E-state index contributed by atoms with van der Waals surface area (Å²) in [7, 11) is 0. The highest BCUT2D eigenvalue weighted by molar-refractivity contribution is 5.62. The van der Waals surface area contributed by atoms with Gasteiger partial charge in [0, 0.05) is 12.0 Å². The molecule has 0 spiro atoms. The Morgan fingerprint density at radius 1 is 1.25 bits per heavy atom. The van der Waals surface area contributed by atoms with Gasteiger partial charge in [0.2, 0.25) is 0 Å². The van der Waals surface area contributed by atoms with Crippen molar-refractivity contribution in [3.63, 3.8) is 0 Å². The molecule has 0 aromatic heterocycles. The van der Waals surface area contributed by atoms with E-state index in [1.165, 1.54) is 18.2 Å². The van der Waals surface area contributed by atoms with Crippen LogP contribution in [0.1, 0.15) is 18.4 Å². The number of aldehydes is 1. The van der Waals surface area contributed by atoms with Crippen LogP contribution in [0.15, 0.2) is 18.2 Å². The van der Waals surface area contributed by atoms with E-state index in [9.17, 15) is 4.79 Å². The number of benzene rings is 1. The highest BCUT2D eigenvalue weighted by Gasteiger charge is 2.05. The summed E-state index contributed by atoms with van der Waals surface area (Å²) < 4.78 is 0. The molecule has 1 rings (SSSR count). The van der Waals surface area contributed by atoms with Gasteiger partial charge in [0.25, 0.3) is 0 Å². The number of phenolic OH excluding ortho intramolecular Hbond substituents is 2. The van der Waals surface area contributed by atoms with E-state index in [-0.39, 0.29) is 17.4 Å². The summed E-state index contributed by atoms with van der Waals surface area (Å²) in [5.74, 6) is -0.361. The van der Waals surface area contributed by atoms with Crippen LogP contribution in [0.5, 0.6) is 11.5 Å². The molecule has 12 heavy (non-hydrogen) atoms. The average Bonchev–Trinajstić information content (AvgIpc) is 2.01. The zero-order valence-electron chi connectivity index (χ0n) is 6.69. The summed E-state index contributed by atoms with van der Waals surface area (Å²) in [5, 5.41) is 18.1. The van der Waals surface area contributed by atoms with Gasteiger partial charge in [-0.25, -0.2) is 0 Å². The highest BCUT2D eigenvalue weighted by Crippen LogP contribution is 2.24. The summed E-state index contributed by atoms with van der Waals surface area (Å²) >= 11 is 0. The third kappa shape index (κ3) is 1.75. The molecule has 0 saturated heterocycles. The fraction of sp³-hybridized carbons (Fsp3) is 0.222. The molecular weight excluding hydrogens is 156 g/mol. The van der Waals surface area contributed by atoms with Crippen LogP contribution >= 0.6 is 0 Å². The first-order chi connectivity index (χ1) is 5.63. The largest absolute Gasteiger partial charge is 0.508 e. The molecule has 3 heteroatoms. The van der Waals surface area contributed by atoms with Crippen LogP contribution in [-0.2, 0) is 4.79 Å². The smallest absolute Gasteiger partial charge is 0.127 e. The van der Waals surface area contributed by atoms with E-state index >= 15 is 0 Å². The lowest BCUT2D eigenvalue weighted by atomic mass is 10.0. The van der Waals surface area contributed by atoms with E-state index in [1.807, 2.05) is 0 Å². The van der Waals surface area contributed by atoms with E-state index in [4.69, 9.17) is 10.2 Å². The summed E-state index contributed by atoms with van der Waals surface area (Å²) in [6.07, 6.45) is 0.758. The van der Waals surface area contributed by atoms with Gasteiger partial charge in [0.15, 0.2) is 0 Å². The van der Waals surface area contributed by atoms with Crippen LogP contribution < -0.4 is 0 Å². The number of carbonyl (C=O) groups excluding carboxylic acids is 1. The third-order valence-electron chi connectivity index (χ3n) is 1.65. The van der Waals surface area contributed by atoms with Crippen molar-refractivity contribution < 1.29 is 15.0 Å². The van der Waals surface area contributed by atoms with Gasteiger partial charge in [-0.1, -0.05) is 6.92 Å². The van der Waals surface area contributed by atoms with Gasteiger partial charge in [0.05, 0.1) is 0 Å². The number of hydrogen-bond donors (Lipinski definition) is 2. The molecule has 1 unspecified atom stereocenters. The third-order valence-corrected chi connectivity index (χ3v) is 1.65. The fourth-order valence-corrected chi connectivity index (χ4v) is 0.959. The maximum atomic E-state index is 10.4. The Labute approximate surface area is 70.3 Å². The van der Waals surface area contributed by atoms with Crippen LogP contribution in [-0.4, -0.2) is 16.5 Å². The molecule has 1 aromatic rings. The molecule has 3 nitrogen and oxygen atoms in total. The lowest BCUT2D eigenvalue weighted by Crippen LogP contribution is -1.93. The summed E-state index contributed by atoms with van der Waals surface area (Å²) in [6.45, 7) is 1.70. The van der Waals surface area contributed by atoms with Crippen LogP contribution in [0, 0.1) is 0 Å². The lowest BCUT2D eigenvalue weighted by Gasteiger charge is -2.04. The van der Waals surface area contributed by atoms with E-state index in [0.29, 0.717) is 5.56 Å². The van der Waals surface area contributed by atoms with Crippen molar-refractivity contribution in [2.24, 2.45) is 0 Å². The van der Waals surface area contributed by atoms with Crippen LogP contribution in [0.3, 0.4) is 0 Å². The lowest BCUT2D eigenvalue weighted by molar-refractivity contribution is -0.108. The van der Waals surface area contributed by atoms with E-state index in [2.05, 4.69) is 0 Å². The minimum absolute atomic E-state index is 0.0290. The van der Waals surface area contributed by atoms with Crippen LogP contribution in [0.25, 0.3) is 0 Å². The van der Waals surface area contributed by atoms with Gasteiger partial charge in [0.1, 0.15) is 17.8 Å². The molecule has 0 radical (unpaired) electrons. The standard InChI is InChI=1S/C9H10O3/c1-6(5-10)7-2-8(11)4-9(12)3-7/h2-6,11-12H,1H3. The number of hydrogen-bond acceptors (Lipinski definition) is 3. The van der Waals surface area contributed by atoms with Crippen molar-refractivity contribution in [2.75, 3.05) is 0 Å². The van der Waals surface area contributed by atoms with Crippen molar-refractivity contribution >= 4 is 6.29 Å². The first-order valence-corrected chi connectivity index (χ1v) is 3.61. The number of phenols is 2. The Morgan fingerprint density at radius 2 is 1.75 bits per heavy atom. The number of carbonyl (C=O) groups is 1. The van der Waals surface area contributed by atoms with Crippen molar-refractivity contribution in [1.82, 2.24) is 0 Å². The topological polar surface area (TPSA) is 57.5 Å². The predicted molar refractivity (Wildman–Crippen MR) is 44.3 cm³/mol. The first kappa shape index (κ1) is 8.59. The molecule has 0 amide bonds. The van der Waals surface area contributed by atoms with Crippen molar-refractivity contribution in [3.8, 4) is 11.5 Å². The molecule has 0 heterocycles. The maximum Gasteiger partial charge on any atom is 0.127 e. The van der Waals surface area contributed by atoms with Crippen molar-refractivity contribution in [1.29, 1.82) is 0 Å². The van der Waals surface area contributed by atoms with Gasteiger partial charge in [-0.3, -0.25) is 0 Å². The monoisotopic (exact) mass is 166 g/mol. The molecular formula is C9H10O3. The Morgan fingerprint density at radius 3 is 2.17 bits per heavy atom. The van der Waals surface area contributed by atoms with Crippen LogP contribution in [0.4, 0.5) is 0 Å². The van der Waals surface area contributed by atoms with Gasteiger partial charge < -0.3 is 15.0 Å². The predicted octanol–water partition coefficient (Wildman–Crippen LogP) is 1.40. The Kier molecular flexibility index (Phi) is 2.33. The molecule has 0 saturated carbocycles. The molecule has 0 aliphatic rings. The summed E-state index contributed by atoms with van der Waals surface area (Å²) in [6, 6.07) is 4.14. The second-order valence-electron chi connectivity index (χ2n) is 2.71. The van der Waals surface area contributed by atoms with Gasteiger partial charge in [-0.15, -0.1) is 0 Å². The average molecular weight is 166 g/mol. The molecule has 0 fully saturated rings. The SMILES string of the molecule is CC(C=O)c1cc(O)cc(O)c1. The highest BCUT2D eigenvalue weighted by atomic mass is 16.3. The van der Waals surface area contributed by atoms with E-state index in [1.54, 1.807) is 6.92 Å². The second-order valence-corrected chi connectivity index (χ2v) is 2.71. The molecule has 0 aliphatic carbocycles. The first-order valence-electron chi connectivity index (χ1n) is 3.61. The Hall–Kier alpha value is -1.51. The summed E-state index contributed by atoms with van der Waals surface area (Å²) in [5.41, 5.74) is 0.613. The Bertz CT molecular complexity index is 274. The second kappa shape index (κ2) is 3.26. The number of rotatable bonds is 2.